The first-order valence-electron chi connectivity index (χ1n) is 7.02. The van der Waals surface area contributed by atoms with Gasteiger partial charge in [-0.25, -0.2) is 0 Å². The molecule has 3 atom stereocenters. The summed E-state index contributed by atoms with van der Waals surface area (Å²) < 4.78 is 0. The molecule has 3 unspecified atom stereocenters. The topological polar surface area (TPSA) is 77.8 Å². The maximum atomic E-state index is 11.6. The molecule has 4 heteroatoms. The van der Waals surface area contributed by atoms with Gasteiger partial charge in [0.2, 0.25) is 0 Å². The van der Waals surface area contributed by atoms with Crippen molar-refractivity contribution in [3.8, 4) is 0 Å². The Balaban J connectivity index is 3.62. The van der Waals surface area contributed by atoms with E-state index in [0.29, 0.717) is 6.42 Å². The van der Waals surface area contributed by atoms with Gasteiger partial charge in [-0.2, -0.15) is 0 Å². The van der Waals surface area contributed by atoms with Gasteiger partial charge in [-0.3, -0.25) is 4.79 Å². The predicted octanol–water partition coefficient (Wildman–Crippen LogP) is 1.66. The van der Waals surface area contributed by atoms with Gasteiger partial charge in [0.15, 0.2) is 0 Å². The number of aliphatic hydroxyl groups is 3. The molecule has 108 valence electrons. The Bertz CT molecular complexity index is 218. The van der Waals surface area contributed by atoms with Crippen LogP contribution in [-0.4, -0.2) is 39.9 Å². The Morgan fingerprint density at radius 1 is 1.11 bits per heavy atom. The highest BCUT2D eigenvalue weighted by Gasteiger charge is 2.20. The van der Waals surface area contributed by atoms with Crippen molar-refractivity contribution in [2.24, 2.45) is 5.92 Å². The Hall–Kier alpha value is -0.450. The summed E-state index contributed by atoms with van der Waals surface area (Å²) in [6.45, 7) is 3.36. The summed E-state index contributed by atoms with van der Waals surface area (Å²) in [4.78, 5) is 11.6. The summed E-state index contributed by atoms with van der Waals surface area (Å²) in [6, 6.07) is 0. The number of rotatable bonds is 11. The molecule has 18 heavy (non-hydrogen) atoms. The molecular weight excluding hydrogens is 232 g/mol. The van der Waals surface area contributed by atoms with Crippen molar-refractivity contribution in [2.75, 3.05) is 6.61 Å². The van der Waals surface area contributed by atoms with E-state index in [9.17, 15) is 15.0 Å². The lowest BCUT2D eigenvalue weighted by Gasteiger charge is -2.15. The molecule has 0 heterocycles. The monoisotopic (exact) mass is 260 g/mol. The molecule has 0 aromatic rings. The van der Waals surface area contributed by atoms with E-state index >= 15 is 0 Å². The second-order valence-corrected chi connectivity index (χ2v) is 5.05. The van der Waals surface area contributed by atoms with Crippen molar-refractivity contribution >= 4 is 5.78 Å². The van der Waals surface area contributed by atoms with Crippen LogP contribution in [0, 0.1) is 5.92 Å². The molecule has 0 radical (unpaired) electrons. The van der Waals surface area contributed by atoms with Crippen LogP contribution in [0.25, 0.3) is 0 Å². The lowest BCUT2D eigenvalue weighted by Crippen LogP contribution is -2.28. The van der Waals surface area contributed by atoms with Crippen LogP contribution in [0.1, 0.15) is 58.8 Å². The zero-order chi connectivity index (χ0) is 14.0. The van der Waals surface area contributed by atoms with Gasteiger partial charge in [-0.05, 0) is 19.3 Å². The second-order valence-electron chi connectivity index (χ2n) is 5.05. The van der Waals surface area contributed by atoms with Crippen LogP contribution in [0.4, 0.5) is 0 Å². The minimum absolute atomic E-state index is 0.0143. The van der Waals surface area contributed by atoms with Crippen LogP contribution in [0.5, 0.6) is 0 Å². The lowest BCUT2D eigenvalue weighted by molar-refractivity contribution is -0.126. The van der Waals surface area contributed by atoms with Gasteiger partial charge in [0.25, 0.3) is 0 Å². The highest BCUT2D eigenvalue weighted by Crippen LogP contribution is 2.13. The first kappa shape index (κ1) is 17.6. The number of carbonyl (C=O) groups is 1. The van der Waals surface area contributed by atoms with Gasteiger partial charge in [0.1, 0.15) is 5.78 Å². The van der Waals surface area contributed by atoms with Gasteiger partial charge in [-0.15, -0.1) is 0 Å². The zero-order valence-corrected chi connectivity index (χ0v) is 11.6. The van der Waals surface area contributed by atoms with Crippen molar-refractivity contribution in [1.29, 1.82) is 0 Å². The van der Waals surface area contributed by atoms with E-state index in [1.54, 1.807) is 6.92 Å². The summed E-state index contributed by atoms with van der Waals surface area (Å²) in [7, 11) is 0. The molecular formula is C14H28O4. The Kier molecular flexibility index (Phi) is 10.2. The number of carbonyl (C=O) groups excluding carboxylic acids is 1. The van der Waals surface area contributed by atoms with Gasteiger partial charge in [0.05, 0.1) is 18.8 Å². The molecule has 0 aromatic carbocycles. The van der Waals surface area contributed by atoms with Crippen LogP contribution < -0.4 is 0 Å². The molecule has 0 aliphatic heterocycles. The summed E-state index contributed by atoms with van der Waals surface area (Å²) >= 11 is 0. The molecule has 0 saturated carbocycles. The summed E-state index contributed by atoms with van der Waals surface area (Å²) in [5.41, 5.74) is 0. The fourth-order valence-electron chi connectivity index (χ4n) is 1.86. The predicted molar refractivity (Wildman–Crippen MR) is 71.3 cm³/mol. The highest BCUT2D eigenvalue weighted by molar-refractivity contribution is 5.81. The molecule has 0 aromatic heterocycles. The van der Waals surface area contributed by atoms with Gasteiger partial charge in [0, 0.05) is 12.3 Å². The number of hydrogen-bond donors (Lipinski definition) is 3. The standard InChI is InChI=1S/C14H28O4/c1-3-4-7-12(16)8-5-6-9-13(17)11(2)14(18)10-15/h11-12,14-16,18H,3-10H2,1-2H3. The second kappa shape index (κ2) is 10.5. The minimum Gasteiger partial charge on any atom is -0.394 e. The molecule has 0 fully saturated rings. The van der Waals surface area contributed by atoms with Crippen LogP contribution in [0.2, 0.25) is 0 Å². The number of aliphatic hydroxyl groups excluding tert-OH is 3. The third-order valence-electron chi connectivity index (χ3n) is 3.37. The van der Waals surface area contributed by atoms with Gasteiger partial charge >= 0.3 is 0 Å². The molecule has 0 aliphatic carbocycles. The fourth-order valence-corrected chi connectivity index (χ4v) is 1.86. The van der Waals surface area contributed by atoms with E-state index in [1.165, 1.54) is 0 Å². The van der Waals surface area contributed by atoms with Crippen LogP contribution >= 0.6 is 0 Å². The molecule has 0 rings (SSSR count). The van der Waals surface area contributed by atoms with Crippen molar-refractivity contribution in [3.05, 3.63) is 0 Å². The maximum absolute atomic E-state index is 11.6. The largest absolute Gasteiger partial charge is 0.394 e. The van der Waals surface area contributed by atoms with Crippen molar-refractivity contribution < 1.29 is 20.1 Å². The van der Waals surface area contributed by atoms with E-state index < -0.39 is 12.0 Å². The first-order valence-corrected chi connectivity index (χ1v) is 7.02. The highest BCUT2D eigenvalue weighted by atomic mass is 16.3. The van der Waals surface area contributed by atoms with E-state index in [2.05, 4.69) is 6.92 Å². The van der Waals surface area contributed by atoms with Gasteiger partial charge < -0.3 is 15.3 Å². The summed E-state index contributed by atoms with van der Waals surface area (Å²) in [5, 5.41) is 27.7. The van der Waals surface area contributed by atoms with Crippen LogP contribution in [0.3, 0.4) is 0 Å². The van der Waals surface area contributed by atoms with Crippen molar-refractivity contribution in [1.82, 2.24) is 0 Å². The number of unbranched alkanes of at least 4 members (excludes halogenated alkanes) is 2. The molecule has 0 amide bonds. The Morgan fingerprint density at radius 3 is 2.28 bits per heavy atom. The number of ketones is 1. The molecule has 0 saturated heterocycles. The van der Waals surface area contributed by atoms with Crippen molar-refractivity contribution in [3.63, 3.8) is 0 Å². The Labute approximate surface area is 110 Å². The smallest absolute Gasteiger partial charge is 0.138 e. The minimum atomic E-state index is -0.951. The maximum Gasteiger partial charge on any atom is 0.138 e. The molecule has 0 aliphatic rings. The van der Waals surface area contributed by atoms with E-state index in [-0.39, 0.29) is 18.5 Å². The lowest BCUT2D eigenvalue weighted by atomic mass is 9.95. The van der Waals surface area contributed by atoms with E-state index in [4.69, 9.17) is 5.11 Å². The molecule has 0 bridgehead atoms. The molecule has 4 nitrogen and oxygen atoms in total. The van der Waals surface area contributed by atoms with Crippen molar-refractivity contribution in [2.45, 2.75) is 71.0 Å². The molecule has 0 spiro atoms. The zero-order valence-electron chi connectivity index (χ0n) is 11.6. The average Bonchev–Trinajstić information content (AvgIpc) is 2.39. The SMILES string of the molecule is CCCCC(O)CCCCC(=O)C(C)C(O)CO. The normalized spacial score (nSPS) is 16.3. The fraction of sp³-hybridized carbons (Fsp3) is 0.929. The van der Waals surface area contributed by atoms with Crippen LogP contribution in [-0.2, 0) is 4.79 Å². The summed E-state index contributed by atoms with van der Waals surface area (Å²) in [5.74, 6) is -0.514. The summed E-state index contributed by atoms with van der Waals surface area (Å²) in [6.07, 6.45) is 4.50. The average molecular weight is 260 g/mol. The quantitative estimate of drug-likeness (QED) is 0.494. The number of Topliss-reactive ketones (excluding diaryl/α,β-unsaturated/α-hetero) is 1. The van der Waals surface area contributed by atoms with E-state index in [0.717, 1.165) is 38.5 Å². The van der Waals surface area contributed by atoms with Crippen LogP contribution in [0.15, 0.2) is 0 Å². The third-order valence-corrected chi connectivity index (χ3v) is 3.37. The first-order chi connectivity index (χ1) is 8.52. The third kappa shape index (κ3) is 7.80. The van der Waals surface area contributed by atoms with Gasteiger partial charge in [-0.1, -0.05) is 33.1 Å². The van der Waals surface area contributed by atoms with E-state index in [1.807, 2.05) is 0 Å². The Morgan fingerprint density at radius 2 is 1.72 bits per heavy atom. The number of hydrogen-bond acceptors (Lipinski definition) is 4. The molecule has 3 N–H and O–H groups in total.